The number of aryl methyl sites for hydroxylation is 24. The minimum absolute atomic E-state index is 0. The molecule has 4 aliphatic rings. The molecule has 20 rings (SSSR count). The number of halogens is 12. The van der Waals surface area contributed by atoms with E-state index in [0.717, 1.165) is 91.2 Å². The van der Waals surface area contributed by atoms with Gasteiger partial charge in [-0.15, -0.1) is 0 Å². The van der Waals surface area contributed by atoms with Crippen molar-refractivity contribution in [1.82, 2.24) is 0 Å². The van der Waals surface area contributed by atoms with Gasteiger partial charge in [-0.2, -0.15) is 0 Å². The second-order valence-corrected chi connectivity index (χ2v) is 42.2. The molecule has 4 aliphatic carbocycles. The number of hydrogen-bond donors (Lipinski definition) is 0. The second kappa shape index (κ2) is 40.3. The summed E-state index contributed by atoms with van der Waals surface area (Å²) in [6.45, 7) is 51.4. The van der Waals surface area contributed by atoms with Crippen molar-refractivity contribution in [2.75, 3.05) is 0 Å². The van der Waals surface area contributed by atoms with Gasteiger partial charge in [0.25, 0.3) is 0 Å². The molecule has 0 amide bonds. The molecule has 8 nitrogen and oxygen atoms in total. The van der Waals surface area contributed by atoms with Gasteiger partial charge in [0, 0.05) is 66.1 Å². The molecule has 0 radical (unpaired) electrons. The first-order valence-corrected chi connectivity index (χ1v) is 50.9. The normalized spacial score (nSPS) is 15.9. The van der Waals surface area contributed by atoms with E-state index in [0.29, 0.717) is 0 Å². The molecule has 0 fully saturated rings. The summed E-state index contributed by atoms with van der Waals surface area (Å²) in [5, 5.41) is 9.91. The third-order valence-corrected chi connectivity index (χ3v) is 25.4. The molecule has 0 saturated carbocycles. The SMILES string of the molecule is Cc1cc(C)c(N=C2C(=Nc3c(C)cc(C)cc3C)c3cccc4cccc2c34)c(C)c1.Cc1cc(C)c(N=C2C(=Nc3c(C)cc(C)cc3C)c3cccc4cccc2c34)c(C)c1.Cc1cc(C)c(N=C2C(=Nc3c(C)cc(C)cc3C)c3cccc4cccc2c34)c(C)c1.Cc1cc(C)c(N=C2C(=Nc3c(C)cc(C)cc3C)c3cccc4cccc2c34)c(C)c1.F[P-](F)(F)(F)(F)F.F[P-](F)(F)(F)(F)F.[Tl+].[Tl+]. The molecule has 0 saturated heterocycles. The topological polar surface area (TPSA) is 98.9 Å². The fourth-order valence-corrected chi connectivity index (χ4v) is 20.6. The van der Waals surface area contributed by atoms with Crippen molar-refractivity contribution >= 4 is 204 Å². The number of benzene rings is 16. The molecule has 24 heteroatoms. The van der Waals surface area contributed by atoms with Gasteiger partial charge in [-0.05, 0) is 277 Å². The molecule has 0 unspecified atom stereocenters. The molecule has 0 spiro atoms. The largest absolute Gasteiger partial charge is 1.00 e. The number of rotatable bonds is 8. The van der Waals surface area contributed by atoms with Crippen LogP contribution >= 0.6 is 15.6 Å². The van der Waals surface area contributed by atoms with E-state index in [-0.39, 0.29) is 54.6 Å². The van der Waals surface area contributed by atoms with Crippen LogP contribution in [0.4, 0.5) is 95.9 Å². The van der Waals surface area contributed by atoms with Crippen LogP contribution in [0.3, 0.4) is 0 Å². The fraction of sp³-hybridized carbons (Fsp3) is 0.200. The van der Waals surface area contributed by atoms with Crippen molar-refractivity contribution in [2.45, 2.75) is 166 Å². The molecule has 0 heterocycles. The standard InChI is InChI=1S/4C30H28N2.2F6P.2Tl/c4*1-17-13-19(3)27(20(4)14-17)31-29-24-11-7-9-23-10-8-12-25(26(23)24)30(29)32-28-21(5)15-18(2)16-22(28)6;2*1-7(2,3,4,5)6;;/h4*7-16H,1-6H3;;;;/q;;;;2*-1;2*+1. The van der Waals surface area contributed by atoms with Crippen molar-refractivity contribution in [3.63, 3.8) is 0 Å². The molecule has 0 aliphatic heterocycles. The Morgan fingerprint density at radius 3 is 0.312 bits per heavy atom. The molecule has 0 N–H and O–H groups in total. The summed E-state index contributed by atoms with van der Waals surface area (Å²) in [7, 11) is -21.3. The van der Waals surface area contributed by atoms with E-state index in [4.69, 9.17) is 39.9 Å². The summed E-state index contributed by atoms with van der Waals surface area (Å²) >= 11 is 0. The van der Waals surface area contributed by atoms with Gasteiger partial charge >= 0.3 is 121 Å². The van der Waals surface area contributed by atoms with Crippen LogP contribution in [0, 0.1) is 166 Å². The Kier molecular flexibility index (Phi) is 30.5. The molecule has 732 valence electrons. The summed E-state index contributed by atoms with van der Waals surface area (Å²) in [5.74, 6) is 0. The summed E-state index contributed by atoms with van der Waals surface area (Å²) in [6.07, 6.45) is 0. The molecule has 16 aromatic rings. The van der Waals surface area contributed by atoms with E-state index in [2.05, 4.69) is 409 Å². The zero-order valence-corrected chi connectivity index (χ0v) is 96.0. The van der Waals surface area contributed by atoms with Crippen molar-refractivity contribution in [3.05, 3.63) is 421 Å². The van der Waals surface area contributed by atoms with Gasteiger partial charge in [-0.25, -0.2) is 39.9 Å². The predicted octanol–water partition coefficient (Wildman–Crippen LogP) is 37.8. The van der Waals surface area contributed by atoms with Crippen LogP contribution in [0.1, 0.15) is 178 Å². The van der Waals surface area contributed by atoms with E-state index in [1.807, 2.05) is 0 Å². The van der Waals surface area contributed by atoms with Gasteiger partial charge in [0.1, 0.15) is 0 Å². The van der Waals surface area contributed by atoms with Crippen LogP contribution in [0.25, 0.3) is 43.1 Å². The Morgan fingerprint density at radius 2 is 0.229 bits per heavy atom. The average molecular weight is 2360 g/mol. The molecule has 144 heavy (non-hydrogen) atoms. The smallest absolute Gasteiger partial charge is 1.00 e. The average Bonchev–Trinajstić information content (AvgIpc) is 1.60. The number of nitrogens with zero attached hydrogens (tertiary/aromatic N) is 8. The van der Waals surface area contributed by atoms with Crippen molar-refractivity contribution in [1.29, 1.82) is 0 Å². The van der Waals surface area contributed by atoms with Crippen molar-refractivity contribution in [2.24, 2.45) is 39.9 Å². The molecule has 0 atom stereocenters. The number of aliphatic imine (C=N–C) groups is 8. The zero-order valence-electron chi connectivity index (χ0n) is 85.3. The number of hydrogen-bond acceptors (Lipinski definition) is 8. The first-order valence-electron chi connectivity index (χ1n) is 46.8. The minimum Gasteiger partial charge on any atom is 1.00 e. The predicted molar refractivity (Wildman–Crippen MR) is 589 cm³/mol. The first kappa shape index (κ1) is 109. The van der Waals surface area contributed by atoms with Crippen LogP contribution in [0.2, 0.25) is 0 Å². The van der Waals surface area contributed by atoms with E-state index in [1.165, 1.54) is 221 Å². The molecule has 16 aromatic carbocycles. The van der Waals surface area contributed by atoms with Gasteiger partial charge in [0.15, 0.2) is 0 Å². The quantitative estimate of drug-likeness (QED) is 0.0823. The molecular weight excluding hydrogens is 2250 g/mol. The van der Waals surface area contributed by atoms with E-state index < -0.39 is 15.6 Å². The van der Waals surface area contributed by atoms with Gasteiger partial charge in [-0.3, -0.25) is 0 Å². The van der Waals surface area contributed by atoms with Gasteiger partial charge in [0.2, 0.25) is 0 Å². The zero-order chi connectivity index (χ0) is 103. The Morgan fingerprint density at radius 1 is 0.146 bits per heavy atom. The molecular formula is C120H112F12N8P2Tl2. The van der Waals surface area contributed by atoms with E-state index >= 15 is 0 Å². The fourth-order valence-electron chi connectivity index (χ4n) is 20.6. The Bertz CT molecular complexity index is 6720. The maximum atomic E-state index is 9.87. The summed E-state index contributed by atoms with van der Waals surface area (Å²) in [5.41, 5.74) is 54.6. The molecule has 0 aromatic heterocycles. The van der Waals surface area contributed by atoms with Crippen LogP contribution < -0.4 is 0 Å². The van der Waals surface area contributed by atoms with Gasteiger partial charge in [0.05, 0.1) is 91.2 Å². The Balaban J connectivity index is 0.000000153. The summed E-state index contributed by atoms with van der Waals surface area (Å²) < 4.78 is 118. The summed E-state index contributed by atoms with van der Waals surface area (Å²) in [4.78, 5) is 42.2. The maximum absolute atomic E-state index is 10.7. The second-order valence-electron chi connectivity index (χ2n) is 38.4. The maximum Gasteiger partial charge on any atom is 1.00 e. The van der Waals surface area contributed by atoms with Crippen LogP contribution in [0.15, 0.2) is 283 Å². The monoisotopic (exact) mass is 2360 g/mol. The van der Waals surface area contributed by atoms with Gasteiger partial charge in [-0.1, -0.05) is 287 Å². The van der Waals surface area contributed by atoms with Gasteiger partial charge < -0.3 is 0 Å². The Hall–Kier alpha value is -12.2. The van der Waals surface area contributed by atoms with Crippen molar-refractivity contribution in [3.8, 4) is 0 Å². The third-order valence-electron chi connectivity index (χ3n) is 25.4. The van der Waals surface area contributed by atoms with E-state index in [9.17, 15) is 50.4 Å². The molecule has 0 bridgehead atoms. The van der Waals surface area contributed by atoms with Crippen molar-refractivity contribution < 1.29 is 50.4 Å². The third kappa shape index (κ3) is 25.3. The van der Waals surface area contributed by atoms with Crippen LogP contribution in [-0.2, 0) is 0 Å². The Labute approximate surface area is 874 Å². The minimum atomic E-state index is -10.7. The van der Waals surface area contributed by atoms with Crippen LogP contribution in [-0.4, -0.2) is 100 Å². The van der Waals surface area contributed by atoms with E-state index in [1.54, 1.807) is 0 Å². The van der Waals surface area contributed by atoms with Crippen LogP contribution in [0.5, 0.6) is 0 Å². The summed E-state index contributed by atoms with van der Waals surface area (Å²) in [6, 6.07) is 87.2. The first-order chi connectivity index (χ1) is 66.2.